The minimum Gasteiger partial charge on any atom is -0.436 e. The van der Waals surface area contributed by atoms with Gasteiger partial charge in [0.2, 0.25) is 5.89 Å². The molecule has 0 saturated heterocycles. The monoisotopic (exact) mass is 684 g/mol. The molecule has 0 unspecified atom stereocenters. The summed E-state index contributed by atoms with van der Waals surface area (Å²) < 4.78 is 8.49. The molecular formula is C46H28N4OS. The van der Waals surface area contributed by atoms with Crippen molar-refractivity contribution in [1.29, 1.82) is 0 Å². The SMILES string of the molecule is c1ccc(-c2ccc(-c3nc(-c4ccc(-c5ccccc5)cc4)nc(-c4cccc5sc6c(-c7nc8ccccc8o7)cccc6c45)n3)cc2)cc1. The Morgan fingerprint density at radius 1 is 0.385 bits per heavy atom. The number of oxazole rings is 1. The number of rotatable bonds is 6. The molecule has 0 atom stereocenters. The molecule has 244 valence electrons. The highest BCUT2D eigenvalue weighted by atomic mass is 32.1. The molecule has 10 rings (SSSR count). The van der Waals surface area contributed by atoms with Crippen LogP contribution in [0.4, 0.5) is 0 Å². The highest BCUT2D eigenvalue weighted by Crippen LogP contribution is 2.44. The topological polar surface area (TPSA) is 64.7 Å². The van der Waals surface area contributed by atoms with E-state index in [1.54, 1.807) is 11.3 Å². The molecule has 52 heavy (non-hydrogen) atoms. The molecule has 0 spiro atoms. The summed E-state index contributed by atoms with van der Waals surface area (Å²) in [6, 6.07) is 58.2. The van der Waals surface area contributed by atoms with Crippen LogP contribution in [0.2, 0.25) is 0 Å². The second-order valence-electron chi connectivity index (χ2n) is 12.6. The summed E-state index contributed by atoms with van der Waals surface area (Å²) in [5.41, 5.74) is 9.98. The molecular weight excluding hydrogens is 657 g/mol. The number of aromatic nitrogens is 4. The van der Waals surface area contributed by atoms with Crippen LogP contribution in [0.1, 0.15) is 0 Å². The zero-order chi connectivity index (χ0) is 34.4. The van der Waals surface area contributed by atoms with Crippen molar-refractivity contribution in [3.05, 3.63) is 170 Å². The molecule has 0 aliphatic heterocycles. The summed E-state index contributed by atoms with van der Waals surface area (Å²) in [5.74, 6) is 2.48. The predicted octanol–water partition coefficient (Wildman–Crippen LogP) is 12.4. The van der Waals surface area contributed by atoms with Gasteiger partial charge in [0.25, 0.3) is 0 Å². The average Bonchev–Trinajstić information content (AvgIpc) is 3.84. The highest BCUT2D eigenvalue weighted by Gasteiger charge is 2.20. The first-order valence-corrected chi connectivity index (χ1v) is 18.0. The van der Waals surface area contributed by atoms with E-state index in [1.165, 1.54) is 0 Å². The van der Waals surface area contributed by atoms with Gasteiger partial charge in [-0.2, -0.15) is 0 Å². The fourth-order valence-corrected chi connectivity index (χ4v) is 8.06. The lowest BCUT2D eigenvalue weighted by molar-refractivity contribution is 0.621. The third-order valence-corrected chi connectivity index (χ3v) is 10.6. The minimum atomic E-state index is 0.613. The van der Waals surface area contributed by atoms with Gasteiger partial charge in [0.15, 0.2) is 23.1 Å². The first-order chi connectivity index (χ1) is 25.7. The second-order valence-corrected chi connectivity index (χ2v) is 13.7. The van der Waals surface area contributed by atoms with Crippen molar-refractivity contribution in [2.75, 3.05) is 0 Å². The first-order valence-electron chi connectivity index (χ1n) is 17.1. The lowest BCUT2D eigenvalue weighted by Crippen LogP contribution is -2.00. The van der Waals surface area contributed by atoms with Gasteiger partial charge in [-0.25, -0.2) is 19.9 Å². The van der Waals surface area contributed by atoms with E-state index >= 15 is 0 Å². The number of benzene rings is 7. The van der Waals surface area contributed by atoms with Gasteiger partial charge >= 0.3 is 0 Å². The minimum absolute atomic E-state index is 0.613. The fourth-order valence-electron chi connectivity index (χ4n) is 6.83. The maximum Gasteiger partial charge on any atom is 0.228 e. The Bertz CT molecular complexity index is 2750. The van der Waals surface area contributed by atoms with E-state index in [1.807, 2.05) is 36.4 Å². The van der Waals surface area contributed by atoms with Gasteiger partial charge in [0.1, 0.15) is 5.52 Å². The van der Waals surface area contributed by atoms with Crippen LogP contribution in [0.5, 0.6) is 0 Å². The maximum atomic E-state index is 6.24. The number of thiophene rings is 1. The average molecular weight is 685 g/mol. The molecule has 0 N–H and O–H groups in total. The number of nitrogens with zero attached hydrogens (tertiary/aromatic N) is 4. The van der Waals surface area contributed by atoms with E-state index in [0.29, 0.717) is 23.4 Å². The molecule has 0 aliphatic carbocycles. The Balaban J connectivity index is 1.14. The summed E-state index contributed by atoms with van der Waals surface area (Å²) >= 11 is 1.73. The third-order valence-electron chi connectivity index (χ3n) is 9.42. The van der Waals surface area contributed by atoms with Crippen LogP contribution in [0.25, 0.3) is 99.1 Å². The fraction of sp³-hybridized carbons (Fsp3) is 0. The van der Waals surface area contributed by atoms with Crippen molar-refractivity contribution in [2.45, 2.75) is 0 Å². The van der Waals surface area contributed by atoms with Crippen LogP contribution in [0, 0.1) is 0 Å². The zero-order valence-electron chi connectivity index (χ0n) is 27.8. The van der Waals surface area contributed by atoms with Crippen LogP contribution in [0.3, 0.4) is 0 Å². The molecule has 0 radical (unpaired) electrons. The van der Waals surface area contributed by atoms with Crippen molar-refractivity contribution in [2.24, 2.45) is 0 Å². The molecule has 10 aromatic rings. The molecule has 7 aromatic carbocycles. The zero-order valence-corrected chi connectivity index (χ0v) is 28.6. The number of hydrogen-bond donors (Lipinski definition) is 0. The van der Waals surface area contributed by atoms with E-state index in [9.17, 15) is 0 Å². The van der Waals surface area contributed by atoms with Gasteiger partial charge in [0, 0.05) is 36.9 Å². The Morgan fingerprint density at radius 2 is 0.904 bits per heavy atom. The summed E-state index contributed by atoms with van der Waals surface area (Å²) in [6.45, 7) is 0. The third kappa shape index (κ3) is 5.34. The predicted molar refractivity (Wildman–Crippen MR) is 213 cm³/mol. The second kappa shape index (κ2) is 12.5. The lowest BCUT2D eigenvalue weighted by Gasteiger charge is -2.11. The Labute approximate surface area is 303 Å². The highest BCUT2D eigenvalue weighted by molar-refractivity contribution is 7.26. The standard InChI is InChI=1S/C46H28N4OS/c1-3-11-29(12-4-1)31-21-25-33(26-22-31)43-48-44(34-27-23-32(24-28-34)30-13-5-2-6-14-30)50-45(49-43)36-16-10-20-40-41(36)35-15-9-17-37(42(35)52-40)46-47-38-18-7-8-19-39(38)51-46/h1-28H. The van der Waals surface area contributed by atoms with Gasteiger partial charge in [-0.15, -0.1) is 11.3 Å². The largest absolute Gasteiger partial charge is 0.436 e. The molecule has 0 fully saturated rings. The molecule has 0 bridgehead atoms. The number of para-hydroxylation sites is 2. The van der Waals surface area contributed by atoms with Gasteiger partial charge in [-0.05, 0) is 46.5 Å². The van der Waals surface area contributed by atoms with Crippen LogP contribution in [-0.4, -0.2) is 19.9 Å². The Hall–Kier alpha value is -6.76. The Morgan fingerprint density at radius 3 is 1.54 bits per heavy atom. The lowest BCUT2D eigenvalue weighted by atomic mass is 10.0. The molecule has 0 amide bonds. The van der Waals surface area contributed by atoms with Crippen LogP contribution < -0.4 is 0 Å². The molecule has 0 aliphatic rings. The molecule has 6 heteroatoms. The normalized spacial score (nSPS) is 11.5. The number of fused-ring (bicyclic) bond motifs is 4. The van der Waals surface area contributed by atoms with Crippen molar-refractivity contribution < 1.29 is 4.42 Å². The van der Waals surface area contributed by atoms with Crippen molar-refractivity contribution in [3.8, 4) is 67.9 Å². The molecule has 5 nitrogen and oxygen atoms in total. The van der Waals surface area contributed by atoms with E-state index in [4.69, 9.17) is 24.4 Å². The van der Waals surface area contributed by atoms with Gasteiger partial charge in [0.05, 0.1) is 5.56 Å². The van der Waals surface area contributed by atoms with Gasteiger partial charge in [-0.3, -0.25) is 0 Å². The van der Waals surface area contributed by atoms with Crippen LogP contribution in [0.15, 0.2) is 174 Å². The van der Waals surface area contributed by atoms with E-state index < -0.39 is 0 Å². The number of hydrogen-bond acceptors (Lipinski definition) is 6. The van der Waals surface area contributed by atoms with Gasteiger partial charge in [-0.1, -0.05) is 146 Å². The van der Waals surface area contributed by atoms with E-state index in [-0.39, 0.29) is 0 Å². The van der Waals surface area contributed by atoms with Gasteiger partial charge < -0.3 is 4.42 Å². The van der Waals surface area contributed by atoms with Crippen molar-refractivity contribution >= 4 is 42.6 Å². The summed E-state index contributed by atoms with van der Waals surface area (Å²) in [7, 11) is 0. The summed E-state index contributed by atoms with van der Waals surface area (Å²) in [6.07, 6.45) is 0. The van der Waals surface area contributed by atoms with Crippen molar-refractivity contribution in [1.82, 2.24) is 19.9 Å². The summed E-state index contributed by atoms with van der Waals surface area (Å²) in [5, 5.41) is 2.21. The Kier molecular flexibility index (Phi) is 7.25. The summed E-state index contributed by atoms with van der Waals surface area (Å²) in [4.78, 5) is 20.2. The maximum absolute atomic E-state index is 6.24. The molecule has 0 saturated carbocycles. The van der Waals surface area contributed by atoms with Crippen LogP contribution in [-0.2, 0) is 0 Å². The molecule has 3 aromatic heterocycles. The smallest absolute Gasteiger partial charge is 0.228 e. The first kappa shape index (κ1) is 30.1. The van der Waals surface area contributed by atoms with Crippen molar-refractivity contribution in [3.63, 3.8) is 0 Å². The van der Waals surface area contributed by atoms with E-state index in [0.717, 1.165) is 75.8 Å². The molecule has 3 heterocycles. The quantitative estimate of drug-likeness (QED) is 0.174. The van der Waals surface area contributed by atoms with E-state index in [2.05, 4.69) is 133 Å². The van der Waals surface area contributed by atoms with Crippen LogP contribution >= 0.6 is 11.3 Å².